The number of esters is 1. The Labute approximate surface area is 104 Å². The van der Waals surface area contributed by atoms with Crippen LogP contribution in [0.15, 0.2) is 5.38 Å². The summed E-state index contributed by atoms with van der Waals surface area (Å²) in [6, 6.07) is 0.109. The molecular weight excluding hydrogens is 240 g/mol. The molecule has 0 saturated carbocycles. The highest BCUT2D eigenvalue weighted by Crippen LogP contribution is 2.14. The second-order valence-corrected chi connectivity index (χ2v) is 4.80. The number of carbonyl (C=O) groups is 2. The first-order valence-electron chi connectivity index (χ1n) is 5.25. The lowest BCUT2D eigenvalue weighted by Crippen LogP contribution is -2.34. The number of rotatable bonds is 4. The summed E-state index contributed by atoms with van der Waals surface area (Å²) in [4.78, 5) is 28.4. The van der Waals surface area contributed by atoms with Crippen LogP contribution in [0.4, 0.5) is 0 Å². The number of thiazole rings is 1. The molecule has 0 N–H and O–H groups in total. The van der Waals surface area contributed by atoms with Gasteiger partial charge in [0.1, 0.15) is 5.01 Å². The first kappa shape index (κ1) is 13.6. The third-order valence-electron chi connectivity index (χ3n) is 2.28. The second kappa shape index (κ2) is 5.77. The van der Waals surface area contributed by atoms with Gasteiger partial charge in [-0.3, -0.25) is 4.79 Å². The SMILES string of the molecule is COC(=O)c1csc(CN(C(C)=O)C(C)C)n1. The highest BCUT2D eigenvalue weighted by molar-refractivity contribution is 7.09. The van der Waals surface area contributed by atoms with Crippen molar-refractivity contribution in [3.8, 4) is 0 Å². The zero-order chi connectivity index (χ0) is 13.0. The van der Waals surface area contributed by atoms with E-state index in [2.05, 4.69) is 9.72 Å². The van der Waals surface area contributed by atoms with Gasteiger partial charge in [0, 0.05) is 18.3 Å². The molecule has 0 radical (unpaired) electrons. The van der Waals surface area contributed by atoms with Crippen LogP contribution in [0, 0.1) is 0 Å². The smallest absolute Gasteiger partial charge is 0.357 e. The van der Waals surface area contributed by atoms with E-state index in [-0.39, 0.29) is 11.9 Å². The maximum Gasteiger partial charge on any atom is 0.357 e. The van der Waals surface area contributed by atoms with E-state index >= 15 is 0 Å². The second-order valence-electron chi connectivity index (χ2n) is 3.86. The predicted molar refractivity (Wildman–Crippen MR) is 64.8 cm³/mol. The number of hydrogen-bond donors (Lipinski definition) is 0. The minimum atomic E-state index is -0.452. The molecular formula is C11H16N2O3S. The minimum absolute atomic E-state index is 0.00480. The molecule has 0 aromatic carbocycles. The Kier molecular flexibility index (Phi) is 4.62. The molecule has 94 valence electrons. The normalized spacial score (nSPS) is 10.4. The lowest BCUT2D eigenvalue weighted by molar-refractivity contribution is -0.131. The number of ether oxygens (including phenoxy) is 1. The van der Waals surface area contributed by atoms with Crippen molar-refractivity contribution >= 4 is 23.2 Å². The molecule has 0 unspecified atom stereocenters. The molecule has 1 amide bonds. The summed E-state index contributed by atoms with van der Waals surface area (Å²) in [6.45, 7) is 5.83. The lowest BCUT2D eigenvalue weighted by Gasteiger charge is -2.23. The largest absolute Gasteiger partial charge is 0.464 e. The molecule has 1 aromatic rings. The van der Waals surface area contributed by atoms with E-state index in [1.807, 2.05) is 13.8 Å². The molecule has 0 aliphatic heterocycles. The monoisotopic (exact) mass is 256 g/mol. The highest BCUT2D eigenvalue weighted by Gasteiger charge is 2.17. The number of methoxy groups -OCH3 is 1. The Morgan fingerprint density at radius 3 is 2.65 bits per heavy atom. The molecule has 0 saturated heterocycles. The third kappa shape index (κ3) is 3.52. The predicted octanol–water partition coefficient (Wildman–Crippen LogP) is 1.69. The Morgan fingerprint density at radius 2 is 2.18 bits per heavy atom. The number of amides is 1. The van der Waals surface area contributed by atoms with E-state index in [0.29, 0.717) is 12.2 Å². The van der Waals surface area contributed by atoms with Crippen molar-refractivity contribution in [1.82, 2.24) is 9.88 Å². The van der Waals surface area contributed by atoms with E-state index < -0.39 is 5.97 Å². The van der Waals surface area contributed by atoms with Gasteiger partial charge in [-0.2, -0.15) is 0 Å². The average molecular weight is 256 g/mol. The fourth-order valence-electron chi connectivity index (χ4n) is 1.39. The Morgan fingerprint density at radius 1 is 1.53 bits per heavy atom. The van der Waals surface area contributed by atoms with Crippen LogP contribution in [-0.2, 0) is 16.1 Å². The summed E-state index contributed by atoms with van der Waals surface area (Å²) in [5, 5.41) is 2.37. The maximum absolute atomic E-state index is 11.4. The lowest BCUT2D eigenvalue weighted by atomic mass is 10.3. The molecule has 0 bridgehead atoms. The summed E-state index contributed by atoms with van der Waals surface area (Å²) in [5.41, 5.74) is 0.291. The molecule has 1 aromatic heterocycles. The first-order chi connectivity index (χ1) is 7.95. The van der Waals surface area contributed by atoms with Crippen LogP contribution in [0.1, 0.15) is 36.3 Å². The average Bonchev–Trinajstić information content (AvgIpc) is 2.72. The van der Waals surface area contributed by atoms with Crippen LogP contribution in [0.3, 0.4) is 0 Å². The zero-order valence-corrected chi connectivity index (χ0v) is 11.2. The van der Waals surface area contributed by atoms with Crippen molar-refractivity contribution in [2.75, 3.05) is 7.11 Å². The zero-order valence-electron chi connectivity index (χ0n) is 10.4. The quantitative estimate of drug-likeness (QED) is 0.769. The van der Waals surface area contributed by atoms with Crippen LogP contribution in [0.5, 0.6) is 0 Å². The van der Waals surface area contributed by atoms with Crippen molar-refractivity contribution in [3.05, 3.63) is 16.1 Å². The van der Waals surface area contributed by atoms with Gasteiger partial charge in [-0.15, -0.1) is 11.3 Å². The minimum Gasteiger partial charge on any atom is -0.464 e. The molecule has 1 rings (SSSR count). The van der Waals surface area contributed by atoms with Gasteiger partial charge in [-0.05, 0) is 13.8 Å². The van der Waals surface area contributed by atoms with Crippen LogP contribution < -0.4 is 0 Å². The summed E-state index contributed by atoms with van der Waals surface area (Å²) in [6.07, 6.45) is 0. The summed E-state index contributed by atoms with van der Waals surface area (Å²) >= 11 is 1.35. The van der Waals surface area contributed by atoms with Crippen molar-refractivity contribution < 1.29 is 14.3 Å². The standard InChI is InChI=1S/C11H16N2O3S/c1-7(2)13(8(3)14)5-10-12-9(6-17-10)11(15)16-4/h6-7H,5H2,1-4H3. The molecule has 6 heteroatoms. The molecule has 0 fully saturated rings. The molecule has 1 heterocycles. The van der Waals surface area contributed by atoms with Crippen molar-refractivity contribution in [2.24, 2.45) is 0 Å². The van der Waals surface area contributed by atoms with Gasteiger partial charge in [0.05, 0.1) is 13.7 Å². The summed E-state index contributed by atoms with van der Waals surface area (Å²) < 4.78 is 4.57. The van der Waals surface area contributed by atoms with Gasteiger partial charge in [0.15, 0.2) is 5.69 Å². The van der Waals surface area contributed by atoms with Gasteiger partial charge >= 0.3 is 5.97 Å². The van der Waals surface area contributed by atoms with E-state index in [4.69, 9.17) is 0 Å². The topological polar surface area (TPSA) is 59.5 Å². The van der Waals surface area contributed by atoms with Gasteiger partial charge in [0.25, 0.3) is 0 Å². The van der Waals surface area contributed by atoms with Crippen LogP contribution in [-0.4, -0.2) is 34.9 Å². The van der Waals surface area contributed by atoms with Crippen molar-refractivity contribution in [2.45, 2.75) is 33.4 Å². The first-order valence-corrected chi connectivity index (χ1v) is 6.13. The van der Waals surface area contributed by atoms with Gasteiger partial charge in [-0.25, -0.2) is 9.78 Å². The highest BCUT2D eigenvalue weighted by atomic mass is 32.1. The maximum atomic E-state index is 11.4. The molecule has 17 heavy (non-hydrogen) atoms. The Balaban J connectivity index is 2.77. The number of hydrogen-bond acceptors (Lipinski definition) is 5. The van der Waals surface area contributed by atoms with Gasteiger partial charge < -0.3 is 9.64 Å². The number of nitrogens with zero attached hydrogens (tertiary/aromatic N) is 2. The molecule has 0 atom stereocenters. The van der Waals surface area contributed by atoms with E-state index in [9.17, 15) is 9.59 Å². The Hall–Kier alpha value is -1.43. The van der Waals surface area contributed by atoms with Gasteiger partial charge in [-0.1, -0.05) is 0 Å². The van der Waals surface area contributed by atoms with E-state index in [1.165, 1.54) is 25.4 Å². The molecule has 0 aliphatic carbocycles. The van der Waals surface area contributed by atoms with Crippen LogP contribution in [0.2, 0.25) is 0 Å². The number of aromatic nitrogens is 1. The summed E-state index contributed by atoms with van der Waals surface area (Å²) in [7, 11) is 1.32. The van der Waals surface area contributed by atoms with E-state index in [0.717, 1.165) is 5.01 Å². The van der Waals surface area contributed by atoms with Gasteiger partial charge in [0.2, 0.25) is 5.91 Å². The van der Waals surface area contributed by atoms with E-state index in [1.54, 1.807) is 10.3 Å². The van der Waals surface area contributed by atoms with Crippen LogP contribution >= 0.6 is 11.3 Å². The third-order valence-corrected chi connectivity index (χ3v) is 3.11. The molecule has 0 aliphatic rings. The van der Waals surface area contributed by atoms with Crippen molar-refractivity contribution in [1.29, 1.82) is 0 Å². The summed E-state index contributed by atoms with van der Waals surface area (Å²) in [5.74, 6) is -0.457. The Bertz CT molecular complexity index is 415. The fourth-order valence-corrected chi connectivity index (χ4v) is 2.15. The molecule has 0 spiro atoms. The fraction of sp³-hybridized carbons (Fsp3) is 0.545. The number of carbonyl (C=O) groups excluding carboxylic acids is 2. The van der Waals surface area contributed by atoms with Crippen molar-refractivity contribution in [3.63, 3.8) is 0 Å². The van der Waals surface area contributed by atoms with Crippen LogP contribution in [0.25, 0.3) is 0 Å². The molecule has 5 nitrogen and oxygen atoms in total.